The molecule has 0 aromatic heterocycles. The van der Waals surface area contributed by atoms with E-state index in [9.17, 15) is 4.79 Å². The van der Waals surface area contributed by atoms with Gasteiger partial charge in [-0.3, -0.25) is 4.79 Å². The second-order valence-electron chi connectivity index (χ2n) is 5.46. The summed E-state index contributed by atoms with van der Waals surface area (Å²) in [6.45, 7) is 10.6. The highest BCUT2D eigenvalue weighted by atomic mass is 17.2. The van der Waals surface area contributed by atoms with E-state index in [1.807, 2.05) is 20.8 Å². The number of rotatable bonds is 16. The highest BCUT2D eigenvalue weighted by Gasteiger charge is 2.33. The van der Waals surface area contributed by atoms with Crippen LogP contribution in [0.4, 0.5) is 0 Å². The predicted molar refractivity (Wildman–Crippen MR) is 91.0 cm³/mol. The van der Waals surface area contributed by atoms with Crippen molar-refractivity contribution >= 4 is 5.91 Å². The largest absolute Gasteiger partial charge is 0.356 e. The van der Waals surface area contributed by atoms with Gasteiger partial charge in [0.15, 0.2) is 6.54 Å². The average molecular weight is 333 g/mol. The van der Waals surface area contributed by atoms with Crippen LogP contribution < -0.4 is 5.32 Å². The van der Waals surface area contributed by atoms with Crippen molar-refractivity contribution in [2.45, 2.75) is 72.6 Å². The molecule has 0 aliphatic carbocycles. The monoisotopic (exact) mass is 333 g/mol. The Morgan fingerprint density at radius 1 is 0.826 bits per heavy atom. The van der Waals surface area contributed by atoms with Crippen molar-refractivity contribution in [3.63, 3.8) is 0 Å². The lowest BCUT2D eigenvalue weighted by Gasteiger charge is -2.28. The van der Waals surface area contributed by atoms with Gasteiger partial charge in [0, 0.05) is 19.4 Å². The second kappa shape index (κ2) is 14.9. The van der Waals surface area contributed by atoms with Gasteiger partial charge in [0.25, 0.3) is 0 Å². The molecular weight excluding hydrogens is 296 g/mol. The van der Waals surface area contributed by atoms with Gasteiger partial charge < -0.3 is 5.32 Å². The molecule has 1 N–H and O–H groups in total. The minimum Gasteiger partial charge on any atom is -0.356 e. The molecule has 0 aromatic rings. The van der Waals surface area contributed by atoms with Crippen LogP contribution in [0.2, 0.25) is 0 Å². The molecule has 0 unspecified atom stereocenters. The molecule has 6 nitrogen and oxygen atoms in total. The van der Waals surface area contributed by atoms with Crippen molar-refractivity contribution in [1.82, 2.24) is 5.32 Å². The number of carbonyl (C=O) groups is 1. The second-order valence-corrected chi connectivity index (χ2v) is 5.46. The summed E-state index contributed by atoms with van der Waals surface area (Å²) in [4.78, 5) is 28.3. The molecule has 0 aromatic carbocycles. The van der Waals surface area contributed by atoms with Crippen LogP contribution in [0, 0.1) is 0 Å². The fourth-order valence-corrected chi connectivity index (χ4v) is 2.37. The van der Waals surface area contributed by atoms with Gasteiger partial charge in [0.1, 0.15) is 19.8 Å². The summed E-state index contributed by atoms with van der Waals surface area (Å²) in [6.07, 6.45) is 7.18. The molecule has 0 bridgehead atoms. The van der Waals surface area contributed by atoms with Crippen LogP contribution in [0.15, 0.2) is 0 Å². The molecule has 0 aliphatic rings. The number of hydrogen-bond donors (Lipinski definition) is 1. The van der Waals surface area contributed by atoms with Crippen LogP contribution in [-0.2, 0) is 19.3 Å². The summed E-state index contributed by atoms with van der Waals surface area (Å²) in [5, 5.41) is 2.96. The van der Waals surface area contributed by atoms with E-state index >= 15 is 0 Å². The molecule has 23 heavy (non-hydrogen) atoms. The fraction of sp³-hybridized carbons (Fsp3) is 0.941. The maximum Gasteiger partial charge on any atom is 0.219 e. The number of nitrogens with one attached hydrogen (secondary N) is 1. The summed E-state index contributed by atoms with van der Waals surface area (Å²) in [5.74, 6) is 0.129. The zero-order chi connectivity index (χ0) is 17.4. The van der Waals surface area contributed by atoms with Crippen molar-refractivity contribution < 1.29 is 24.3 Å². The molecule has 0 radical (unpaired) electrons. The van der Waals surface area contributed by atoms with Crippen LogP contribution in [-0.4, -0.2) is 43.8 Å². The summed E-state index contributed by atoms with van der Waals surface area (Å²) in [5.41, 5.74) is 0. The van der Waals surface area contributed by atoms with Gasteiger partial charge in [-0.25, -0.2) is 0 Å². The molecule has 138 valence electrons. The van der Waals surface area contributed by atoms with Crippen LogP contribution >= 0.6 is 0 Å². The topological polar surface area (TPSA) is 56.8 Å². The average Bonchev–Trinajstić information content (AvgIpc) is 2.52. The Hall–Kier alpha value is -0.690. The summed E-state index contributed by atoms with van der Waals surface area (Å²) >= 11 is 0. The van der Waals surface area contributed by atoms with E-state index in [0.29, 0.717) is 39.3 Å². The molecule has 0 heterocycles. The molecular formula is C17H37N2O4+. The first kappa shape index (κ1) is 22.3. The van der Waals surface area contributed by atoms with Gasteiger partial charge >= 0.3 is 0 Å². The van der Waals surface area contributed by atoms with E-state index in [1.165, 1.54) is 19.3 Å². The van der Waals surface area contributed by atoms with Crippen molar-refractivity contribution in [1.29, 1.82) is 0 Å². The minimum atomic E-state index is -0.254. The van der Waals surface area contributed by atoms with Crippen molar-refractivity contribution in [2.75, 3.05) is 32.9 Å². The third kappa shape index (κ3) is 11.5. The summed E-state index contributed by atoms with van der Waals surface area (Å²) in [7, 11) is 0. The summed E-state index contributed by atoms with van der Waals surface area (Å²) < 4.78 is 0. The molecule has 0 rings (SSSR count). The number of carbonyl (C=O) groups excluding carboxylic acids is 1. The Morgan fingerprint density at radius 3 is 1.91 bits per heavy atom. The number of nitrogens with zero attached hydrogens (tertiary/aromatic N) is 1. The van der Waals surface area contributed by atoms with Crippen LogP contribution in [0.1, 0.15) is 72.6 Å². The van der Waals surface area contributed by atoms with Crippen LogP contribution in [0.3, 0.4) is 0 Å². The normalized spacial score (nSPS) is 11.7. The zero-order valence-electron chi connectivity index (χ0n) is 15.6. The van der Waals surface area contributed by atoms with Gasteiger partial charge in [-0.05, 0) is 27.2 Å². The third-order valence-electron chi connectivity index (χ3n) is 3.42. The first-order valence-electron chi connectivity index (χ1n) is 9.22. The molecule has 0 atom stereocenters. The maximum atomic E-state index is 11.8. The first-order chi connectivity index (χ1) is 11.1. The lowest BCUT2D eigenvalue weighted by atomic mass is 10.1. The van der Waals surface area contributed by atoms with Crippen molar-refractivity contribution in [3.8, 4) is 0 Å². The molecule has 0 saturated heterocycles. The quantitative estimate of drug-likeness (QED) is 0.267. The molecule has 0 fully saturated rings. The predicted octanol–water partition coefficient (Wildman–Crippen LogP) is 3.52. The highest BCUT2D eigenvalue weighted by molar-refractivity contribution is 5.75. The Balaban J connectivity index is 3.93. The molecule has 0 saturated carbocycles. The first-order valence-corrected chi connectivity index (χ1v) is 9.22. The summed E-state index contributed by atoms with van der Waals surface area (Å²) in [6, 6.07) is 0. The minimum absolute atomic E-state index is 0.129. The van der Waals surface area contributed by atoms with E-state index in [0.717, 1.165) is 19.3 Å². The smallest absolute Gasteiger partial charge is 0.219 e. The van der Waals surface area contributed by atoms with Gasteiger partial charge in [0.05, 0.1) is 4.97 Å². The van der Waals surface area contributed by atoms with Crippen molar-refractivity contribution in [2.24, 2.45) is 0 Å². The number of amides is 1. The third-order valence-corrected chi connectivity index (χ3v) is 3.42. The lowest BCUT2D eigenvalue weighted by Crippen LogP contribution is -2.49. The van der Waals surface area contributed by atoms with E-state index in [1.54, 1.807) is 0 Å². The van der Waals surface area contributed by atoms with E-state index in [4.69, 9.17) is 14.5 Å². The van der Waals surface area contributed by atoms with Crippen LogP contribution in [0.5, 0.6) is 0 Å². The molecule has 6 heteroatoms. The molecule has 0 spiro atoms. The van der Waals surface area contributed by atoms with Gasteiger partial charge in [-0.15, -0.1) is 14.5 Å². The van der Waals surface area contributed by atoms with E-state index < -0.39 is 0 Å². The Kier molecular flexibility index (Phi) is 14.4. The fourth-order valence-electron chi connectivity index (χ4n) is 2.37. The number of hydroxylamine groups is 3. The number of hydrogen-bond acceptors (Lipinski definition) is 4. The number of unbranched alkanes of at least 4 members (excludes halogenated alkanes) is 4. The number of quaternary nitrogens is 1. The van der Waals surface area contributed by atoms with E-state index in [-0.39, 0.29) is 10.9 Å². The Bertz CT molecular complexity index is 271. The van der Waals surface area contributed by atoms with Gasteiger partial charge in [-0.2, -0.15) is 0 Å². The van der Waals surface area contributed by atoms with Gasteiger partial charge in [-0.1, -0.05) is 32.6 Å². The SMILES string of the molecule is CCCCCCCC(=O)NCCC[N+](OCC)(OCC)OCC. The van der Waals surface area contributed by atoms with E-state index in [2.05, 4.69) is 12.2 Å². The molecule has 1 amide bonds. The standard InChI is InChI=1S/C17H36N2O4/c1-5-9-10-11-12-14-17(20)18-15-13-16-19(21-6-2,22-7-3)23-8-4/h5-16H2,1-4H3/p+1. The Morgan fingerprint density at radius 2 is 1.39 bits per heavy atom. The Labute approximate surface area is 141 Å². The van der Waals surface area contributed by atoms with Crippen LogP contribution in [0.25, 0.3) is 0 Å². The van der Waals surface area contributed by atoms with Gasteiger partial charge in [0.2, 0.25) is 5.91 Å². The zero-order valence-corrected chi connectivity index (χ0v) is 15.6. The maximum absolute atomic E-state index is 11.8. The highest BCUT2D eigenvalue weighted by Crippen LogP contribution is 2.13. The lowest BCUT2D eigenvalue weighted by molar-refractivity contribution is -1.37. The molecule has 0 aliphatic heterocycles. The van der Waals surface area contributed by atoms with Crippen molar-refractivity contribution in [3.05, 3.63) is 0 Å².